The predicted molar refractivity (Wildman–Crippen MR) is 214 cm³/mol. The van der Waals surface area contributed by atoms with Gasteiger partial charge in [0.05, 0.1) is 31.8 Å². The molecule has 0 spiro atoms. The van der Waals surface area contributed by atoms with E-state index in [1.165, 1.54) is 4.90 Å². The van der Waals surface area contributed by atoms with Gasteiger partial charge < -0.3 is 51.0 Å². The maximum atomic E-state index is 14.3. The molecule has 1 saturated heterocycles. The van der Waals surface area contributed by atoms with Crippen LogP contribution in [0.4, 0.5) is 4.79 Å². The van der Waals surface area contributed by atoms with Gasteiger partial charge in [-0.1, -0.05) is 72.6 Å². The van der Waals surface area contributed by atoms with Crippen LogP contribution >= 0.6 is 0 Å². The van der Waals surface area contributed by atoms with Crippen molar-refractivity contribution in [2.24, 2.45) is 17.8 Å². The molecule has 0 aromatic heterocycles. The fourth-order valence-corrected chi connectivity index (χ4v) is 7.34. The third kappa shape index (κ3) is 17.3. The highest BCUT2D eigenvalue weighted by Crippen LogP contribution is 2.28. The summed E-state index contributed by atoms with van der Waals surface area (Å²) in [7, 11) is 5.48. The lowest BCUT2D eigenvalue weighted by atomic mass is 9.83. The lowest BCUT2D eigenvalue weighted by Crippen LogP contribution is -2.62. The van der Waals surface area contributed by atoms with Crippen LogP contribution < -0.4 is 26.6 Å². The first kappa shape index (κ1) is 48.6. The van der Waals surface area contributed by atoms with Crippen LogP contribution in [-0.2, 0) is 33.4 Å². The summed E-state index contributed by atoms with van der Waals surface area (Å²) < 4.78 is 12.2. The molecule has 0 bridgehead atoms. The number of likely N-dealkylation sites (N-methyl/N-ethyl adjacent to an activating group) is 1. The third-order valence-corrected chi connectivity index (χ3v) is 10.7. The highest BCUT2D eigenvalue weighted by molar-refractivity contribution is 5.96. The molecule has 322 valence electrons. The van der Waals surface area contributed by atoms with Gasteiger partial charge in [0.1, 0.15) is 24.2 Å². The summed E-state index contributed by atoms with van der Waals surface area (Å²) in [5, 5.41) is 22.8. The summed E-state index contributed by atoms with van der Waals surface area (Å²) in [6, 6.07) is -5.11. The van der Waals surface area contributed by atoms with Gasteiger partial charge in [-0.05, 0) is 71.5 Å². The Morgan fingerprint density at radius 3 is 2.20 bits per heavy atom. The number of ether oxygens (including phenoxy) is 2. The van der Waals surface area contributed by atoms with Crippen molar-refractivity contribution in [1.82, 2.24) is 36.4 Å². The normalized spacial score (nSPS) is 27.1. The van der Waals surface area contributed by atoms with Crippen molar-refractivity contribution in [3.05, 3.63) is 0 Å². The molecule has 2 fully saturated rings. The number of amides is 6. The van der Waals surface area contributed by atoms with Crippen LogP contribution in [0, 0.1) is 17.8 Å². The van der Waals surface area contributed by atoms with Crippen LogP contribution in [0.5, 0.6) is 0 Å². The summed E-state index contributed by atoms with van der Waals surface area (Å²) in [4.78, 5) is 85.4. The Morgan fingerprint density at radius 2 is 1.57 bits per heavy atom. The molecule has 2 rings (SSSR count). The molecule has 7 atom stereocenters. The molecule has 0 unspecified atom stereocenters. The predicted octanol–water partition coefficient (Wildman–Crippen LogP) is 2.64. The first-order valence-electron chi connectivity index (χ1n) is 20.8. The Morgan fingerprint density at radius 1 is 0.911 bits per heavy atom. The van der Waals surface area contributed by atoms with Gasteiger partial charge >= 0.3 is 6.09 Å². The Kier molecular flexibility index (Phi) is 22.3. The zero-order valence-corrected chi connectivity index (χ0v) is 35.3. The highest BCUT2D eigenvalue weighted by atomic mass is 16.5. The van der Waals surface area contributed by atoms with Gasteiger partial charge in [0, 0.05) is 19.7 Å². The SMILES string of the molecule is CCCCCC[C@H]1OC[C@@H](C)NC(=O)[C@H](COCCCN(C)C)NC(=O)[C@H](CNC(=O)O)NC(=O)[C@H](C2CCCCC2)NC(=O)[C@H](CC(C)C)N(C)C(=O)[C@@H]1C. The summed E-state index contributed by atoms with van der Waals surface area (Å²) in [6.07, 6.45) is 7.64. The van der Waals surface area contributed by atoms with Crippen LogP contribution in [0.15, 0.2) is 0 Å². The van der Waals surface area contributed by atoms with E-state index in [0.29, 0.717) is 38.7 Å². The molecule has 1 aliphatic heterocycles. The standard InChI is InChI=1S/C40H73N7O9/c1-9-10-11-15-19-33-28(5)39(52)47(8)32(22-26(2)3)37(50)45-34(29-17-13-12-14-18-29)38(51)43-30(23-41-40(53)54)35(48)44-31(25-55-21-16-20-46(6)7)36(49)42-27(4)24-56-33/h26-34,41H,9-25H2,1-8H3,(H,42,49)(H,43,51)(H,44,48)(H,45,50)(H,53,54)/t27-,28-,30+,31+,32+,33-,34+/m1/s1. The van der Waals surface area contributed by atoms with Crippen LogP contribution in [0.25, 0.3) is 0 Å². The molecule has 2 aliphatic rings. The summed E-state index contributed by atoms with van der Waals surface area (Å²) in [6.45, 7) is 10.1. The minimum absolute atomic E-state index is 0.0329. The molecular weight excluding hydrogens is 722 g/mol. The van der Waals surface area contributed by atoms with E-state index in [1.807, 2.05) is 39.8 Å². The Balaban J connectivity index is 2.60. The van der Waals surface area contributed by atoms with Gasteiger partial charge in [-0.2, -0.15) is 0 Å². The number of carboxylic acid groups (broad SMARTS) is 1. The summed E-state index contributed by atoms with van der Waals surface area (Å²) in [5.41, 5.74) is 0. The minimum atomic E-state index is -1.43. The van der Waals surface area contributed by atoms with Crippen molar-refractivity contribution in [3.63, 3.8) is 0 Å². The number of carbonyl (C=O) groups excluding carboxylic acids is 5. The number of rotatable bonds is 16. The highest BCUT2D eigenvalue weighted by Gasteiger charge is 2.39. The van der Waals surface area contributed by atoms with Crippen molar-refractivity contribution in [2.45, 2.75) is 148 Å². The molecule has 16 nitrogen and oxygen atoms in total. The lowest BCUT2D eigenvalue weighted by molar-refractivity contribution is -0.147. The van der Waals surface area contributed by atoms with Crippen LogP contribution in [0.3, 0.4) is 0 Å². The fourth-order valence-electron chi connectivity index (χ4n) is 7.34. The van der Waals surface area contributed by atoms with Crippen molar-refractivity contribution in [3.8, 4) is 0 Å². The van der Waals surface area contributed by atoms with E-state index in [1.54, 1.807) is 14.0 Å². The molecule has 16 heteroatoms. The summed E-state index contributed by atoms with van der Waals surface area (Å²) in [5.74, 6) is -3.59. The largest absolute Gasteiger partial charge is 0.465 e. The second kappa shape index (κ2) is 25.7. The van der Waals surface area contributed by atoms with Gasteiger partial charge in [-0.15, -0.1) is 0 Å². The topological polar surface area (TPSA) is 208 Å². The molecule has 0 aromatic carbocycles. The molecular formula is C40H73N7O9. The number of unbranched alkanes of at least 4 members (excludes halogenated alkanes) is 3. The first-order chi connectivity index (χ1) is 26.5. The number of carbonyl (C=O) groups is 6. The van der Waals surface area contributed by atoms with E-state index in [4.69, 9.17) is 9.47 Å². The molecule has 0 radical (unpaired) electrons. The Hall–Kier alpha value is -3.50. The average Bonchev–Trinajstić information content (AvgIpc) is 3.15. The number of hydrogen-bond donors (Lipinski definition) is 6. The smallest absolute Gasteiger partial charge is 0.404 e. The zero-order chi connectivity index (χ0) is 41.8. The average molecular weight is 796 g/mol. The number of nitrogens with one attached hydrogen (secondary N) is 5. The van der Waals surface area contributed by atoms with Gasteiger partial charge in [0.25, 0.3) is 0 Å². The van der Waals surface area contributed by atoms with E-state index < -0.39 is 78.5 Å². The molecule has 6 N–H and O–H groups in total. The van der Waals surface area contributed by atoms with Gasteiger partial charge in [-0.25, -0.2) is 4.79 Å². The van der Waals surface area contributed by atoms with Crippen LogP contribution in [0.2, 0.25) is 0 Å². The third-order valence-electron chi connectivity index (χ3n) is 10.7. The molecule has 56 heavy (non-hydrogen) atoms. The van der Waals surface area contributed by atoms with Crippen molar-refractivity contribution in [1.29, 1.82) is 0 Å². The Bertz CT molecular complexity index is 1250. The van der Waals surface area contributed by atoms with Crippen LogP contribution in [-0.4, -0.2) is 141 Å². The maximum Gasteiger partial charge on any atom is 0.404 e. The number of nitrogens with zero attached hydrogens (tertiary/aromatic N) is 2. The quantitative estimate of drug-likeness (QED) is 0.126. The first-order valence-corrected chi connectivity index (χ1v) is 20.8. The van der Waals surface area contributed by atoms with E-state index in [-0.39, 0.29) is 31.0 Å². The van der Waals surface area contributed by atoms with E-state index >= 15 is 0 Å². The monoisotopic (exact) mass is 796 g/mol. The van der Waals surface area contributed by atoms with Gasteiger partial charge in [0.15, 0.2) is 0 Å². The second-order valence-electron chi connectivity index (χ2n) is 16.4. The van der Waals surface area contributed by atoms with Crippen molar-refractivity contribution in [2.75, 3.05) is 54.1 Å². The zero-order valence-electron chi connectivity index (χ0n) is 35.3. The maximum absolute atomic E-state index is 14.3. The van der Waals surface area contributed by atoms with E-state index in [9.17, 15) is 33.9 Å². The van der Waals surface area contributed by atoms with Crippen LogP contribution in [0.1, 0.15) is 112 Å². The van der Waals surface area contributed by atoms with Gasteiger partial charge in [0.2, 0.25) is 29.5 Å². The van der Waals surface area contributed by atoms with E-state index in [2.05, 4.69) is 33.5 Å². The molecule has 1 saturated carbocycles. The molecule has 0 aromatic rings. The van der Waals surface area contributed by atoms with E-state index in [0.717, 1.165) is 51.5 Å². The molecule has 1 aliphatic carbocycles. The number of hydrogen-bond acceptors (Lipinski definition) is 9. The summed E-state index contributed by atoms with van der Waals surface area (Å²) >= 11 is 0. The lowest BCUT2D eigenvalue weighted by Gasteiger charge is -2.36. The minimum Gasteiger partial charge on any atom is -0.465 e. The Labute approximate surface area is 334 Å². The van der Waals surface area contributed by atoms with Gasteiger partial charge in [-0.3, -0.25) is 24.0 Å². The van der Waals surface area contributed by atoms with Crippen molar-refractivity contribution < 1.29 is 43.3 Å². The van der Waals surface area contributed by atoms with Crippen molar-refractivity contribution >= 4 is 35.6 Å². The second-order valence-corrected chi connectivity index (χ2v) is 16.4. The fraction of sp³-hybridized carbons (Fsp3) is 0.850. The molecule has 6 amide bonds. The molecule has 1 heterocycles.